The van der Waals surface area contributed by atoms with Crippen molar-refractivity contribution < 1.29 is 9.18 Å². The minimum absolute atomic E-state index is 0.0577. The van der Waals surface area contributed by atoms with E-state index < -0.39 is 11.7 Å². The highest BCUT2D eigenvalue weighted by Gasteiger charge is 2.24. The maximum Gasteiger partial charge on any atom is 0.296 e. The topological polar surface area (TPSA) is 68.9 Å². The van der Waals surface area contributed by atoms with Crippen molar-refractivity contribution in [3.63, 3.8) is 0 Å². The first kappa shape index (κ1) is 20.9. The fourth-order valence-corrected chi connectivity index (χ4v) is 4.19. The second-order valence-corrected chi connectivity index (χ2v) is 8.19. The van der Waals surface area contributed by atoms with Gasteiger partial charge >= 0.3 is 0 Å². The van der Waals surface area contributed by atoms with Crippen LogP contribution in [0.15, 0.2) is 71.5 Å². The Bertz CT molecular complexity index is 1620. The van der Waals surface area contributed by atoms with Gasteiger partial charge < -0.3 is 9.88 Å². The van der Waals surface area contributed by atoms with Gasteiger partial charge in [0.2, 0.25) is 0 Å². The molecule has 0 aliphatic carbocycles. The highest BCUT2D eigenvalue weighted by atomic mass is 35.5. The summed E-state index contributed by atoms with van der Waals surface area (Å²) in [5, 5.41) is 8.40. The summed E-state index contributed by atoms with van der Waals surface area (Å²) in [5.74, 6) is -1.08. The quantitative estimate of drug-likeness (QED) is 0.401. The molecule has 5 aromatic rings. The lowest BCUT2D eigenvalue weighted by Gasteiger charge is -2.11. The zero-order valence-electron chi connectivity index (χ0n) is 17.8. The molecule has 5 rings (SSSR count). The summed E-state index contributed by atoms with van der Waals surface area (Å²) < 4.78 is 16.4. The van der Waals surface area contributed by atoms with Crippen LogP contribution in [0.5, 0.6) is 0 Å². The number of fused-ring (bicyclic) bond motifs is 3. The van der Waals surface area contributed by atoms with Crippen molar-refractivity contribution in [3.05, 3.63) is 99.2 Å². The molecule has 0 radical (unpaired) electrons. The van der Waals surface area contributed by atoms with Crippen LogP contribution in [0.3, 0.4) is 0 Å². The van der Waals surface area contributed by atoms with Crippen LogP contribution in [0.2, 0.25) is 5.02 Å². The van der Waals surface area contributed by atoms with Gasteiger partial charge in [0, 0.05) is 23.3 Å². The van der Waals surface area contributed by atoms with Gasteiger partial charge in [-0.2, -0.15) is 9.78 Å². The van der Waals surface area contributed by atoms with Crippen LogP contribution in [0.4, 0.5) is 10.1 Å². The van der Waals surface area contributed by atoms with Gasteiger partial charge in [0.25, 0.3) is 11.5 Å². The van der Waals surface area contributed by atoms with E-state index in [1.807, 2.05) is 43.3 Å². The number of hydrogen-bond donors (Lipinski definition) is 1. The van der Waals surface area contributed by atoms with Crippen LogP contribution in [0, 0.1) is 12.7 Å². The van der Waals surface area contributed by atoms with Gasteiger partial charge in [-0.3, -0.25) is 9.59 Å². The fraction of sp³-hybridized carbons (Fsp3) is 0.0800. The molecule has 164 valence electrons. The number of rotatable bonds is 3. The maximum atomic E-state index is 13.5. The van der Waals surface area contributed by atoms with Gasteiger partial charge in [-0.15, -0.1) is 0 Å². The highest BCUT2D eigenvalue weighted by Crippen LogP contribution is 2.30. The third kappa shape index (κ3) is 3.47. The SMILES string of the molecule is Cc1ccc(-n2nc(C(=O)Nc3ccc(F)cc3Cl)c3c4ccccc4n(C)c3c2=O)cc1. The van der Waals surface area contributed by atoms with Crippen LogP contribution in [0.1, 0.15) is 16.1 Å². The van der Waals surface area contributed by atoms with E-state index in [1.54, 1.807) is 23.7 Å². The van der Waals surface area contributed by atoms with E-state index >= 15 is 0 Å². The van der Waals surface area contributed by atoms with Crippen molar-refractivity contribution in [2.24, 2.45) is 7.05 Å². The highest BCUT2D eigenvalue weighted by molar-refractivity contribution is 6.34. The fourth-order valence-electron chi connectivity index (χ4n) is 3.97. The van der Waals surface area contributed by atoms with E-state index in [-0.39, 0.29) is 22.0 Å². The third-order valence-corrected chi connectivity index (χ3v) is 5.92. The van der Waals surface area contributed by atoms with Crippen molar-refractivity contribution in [1.29, 1.82) is 0 Å². The number of aromatic nitrogens is 3. The summed E-state index contributed by atoms with van der Waals surface area (Å²) in [6, 6.07) is 18.4. The molecule has 0 bridgehead atoms. The van der Waals surface area contributed by atoms with Crippen LogP contribution in [-0.2, 0) is 7.05 Å². The predicted molar refractivity (Wildman–Crippen MR) is 128 cm³/mol. The Morgan fingerprint density at radius 1 is 1.06 bits per heavy atom. The number of anilines is 1. The Balaban J connectivity index is 1.80. The van der Waals surface area contributed by atoms with Gasteiger partial charge in [-0.25, -0.2) is 4.39 Å². The zero-order chi connectivity index (χ0) is 23.3. The molecule has 2 aromatic heterocycles. The second kappa shape index (κ2) is 7.86. The first-order chi connectivity index (χ1) is 15.8. The molecule has 1 N–H and O–H groups in total. The predicted octanol–water partition coefficient (Wildman–Crippen LogP) is 5.23. The van der Waals surface area contributed by atoms with Crippen LogP contribution < -0.4 is 10.9 Å². The number of carbonyl (C=O) groups excluding carboxylic acids is 1. The summed E-state index contributed by atoms with van der Waals surface area (Å²) in [7, 11) is 1.78. The van der Waals surface area contributed by atoms with Crippen molar-refractivity contribution in [1.82, 2.24) is 14.3 Å². The first-order valence-electron chi connectivity index (χ1n) is 10.2. The molecule has 0 saturated carbocycles. The minimum Gasteiger partial charge on any atom is -0.339 e. The number of carbonyl (C=O) groups is 1. The summed E-state index contributed by atoms with van der Waals surface area (Å²) in [5.41, 5.74) is 2.66. The molecule has 2 heterocycles. The van der Waals surface area contributed by atoms with E-state index in [0.29, 0.717) is 16.6 Å². The lowest BCUT2D eigenvalue weighted by molar-refractivity contribution is 0.102. The van der Waals surface area contributed by atoms with Gasteiger partial charge in [0.05, 0.1) is 16.4 Å². The average Bonchev–Trinajstić information content (AvgIpc) is 3.10. The summed E-state index contributed by atoms with van der Waals surface area (Å²) in [6.07, 6.45) is 0. The van der Waals surface area contributed by atoms with Crippen molar-refractivity contribution in [2.45, 2.75) is 6.92 Å². The summed E-state index contributed by atoms with van der Waals surface area (Å²) in [6.45, 7) is 1.94. The van der Waals surface area contributed by atoms with Crippen molar-refractivity contribution >= 4 is 45.0 Å². The van der Waals surface area contributed by atoms with E-state index in [0.717, 1.165) is 22.5 Å². The van der Waals surface area contributed by atoms with Crippen molar-refractivity contribution in [2.75, 3.05) is 5.32 Å². The number of hydrogen-bond acceptors (Lipinski definition) is 3. The van der Waals surface area contributed by atoms with Crippen LogP contribution in [-0.4, -0.2) is 20.3 Å². The monoisotopic (exact) mass is 460 g/mol. The van der Waals surface area contributed by atoms with E-state index in [9.17, 15) is 14.0 Å². The molecule has 0 aliphatic rings. The molecule has 0 unspecified atom stereocenters. The normalized spacial score (nSPS) is 11.3. The lowest BCUT2D eigenvalue weighted by Crippen LogP contribution is -2.27. The van der Waals surface area contributed by atoms with E-state index in [4.69, 9.17) is 11.6 Å². The number of nitrogens with one attached hydrogen (secondary N) is 1. The number of aryl methyl sites for hydroxylation is 2. The Morgan fingerprint density at radius 2 is 1.79 bits per heavy atom. The standard InChI is InChI=1S/C25H18ClFN4O2/c1-14-7-10-16(11-8-14)31-25(33)23-21(17-5-3-4-6-20(17)30(23)2)22(29-31)24(32)28-19-12-9-15(27)13-18(19)26/h3-13H,1-2H3,(H,28,32). The van der Waals surface area contributed by atoms with Gasteiger partial charge in [0.15, 0.2) is 5.69 Å². The lowest BCUT2D eigenvalue weighted by atomic mass is 10.1. The molecule has 8 heteroatoms. The van der Waals surface area contributed by atoms with Gasteiger partial charge in [0.1, 0.15) is 11.3 Å². The minimum atomic E-state index is -0.564. The molecule has 0 aliphatic heterocycles. The van der Waals surface area contributed by atoms with E-state index in [1.165, 1.54) is 16.8 Å². The zero-order valence-corrected chi connectivity index (χ0v) is 18.5. The summed E-state index contributed by atoms with van der Waals surface area (Å²) >= 11 is 6.11. The molecule has 33 heavy (non-hydrogen) atoms. The van der Waals surface area contributed by atoms with Crippen LogP contribution >= 0.6 is 11.6 Å². The molecule has 0 spiro atoms. The number of nitrogens with zero attached hydrogens (tertiary/aromatic N) is 3. The molecule has 1 amide bonds. The largest absolute Gasteiger partial charge is 0.339 e. The number of amides is 1. The maximum absolute atomic E-state index is 13.5. The molecular formula is C25H18ClFN4O2. The molecule has 3 aromatic carbocycles. The van der Waals surface area contributed by atoms with E-state index in [2.05, 4.69) is 10.4 Å². The van der Waals surface area contributed by atoms with Crippen LogP contribution in [0.25, 0.3) is 27.5 Å². The number of benzene rings is 3. The molecular weight excluding hydrogens is 443 g/mol. The van der Waals surface area contributed by atoms with Crippen molar-refractivity contribution in [3.8, 4) is 5.69 Å². The Hall–Kier alpha value is -3.97. The smallest absolute Gasteiger partial charge is 0.296 e. The Kier molecular flexibility index (Phi) is 4.98. The Morgan fingerprint density at radius 3 is 2.52 bits per heavy atom. The summed E-state index contributed by atoms with van der Waals surface area (Å²) in [4.78, 5) is 26.9. The van der Waals surface area contributed by atoms with Gasteiger partial charge in [-0.1, -0.05) is 47.5 Å². The first-order valence-corrected chi connectivity index (χ1v) is 10.6. The molecule has 0 fully saturated rings. The second-order valence-electron chi connectivity index (χ2n) is 7.78. The third-order valence-electron chi connectivity index (χ3n) is 5.61. The molecule has 0 atom stereocenters. The number of para-hydroxylation sites is 1. The molecule has 6 nitrogen and oxygen atoms in total. The number of halogens is 2. The van der Waals surface area contributed by atoms with Gasteiger partial charge in [-0.05, 0) is 43.3 Å². The Labute approximate surface area is 192 Å². The average molecular weight is 461 g/mol. The molecule has 0 saturated heterocycles.